The predicted octanol–water partition coefficient (Wildman–Crippen LogP) is 9.23. The molecule has 2 heteroatoms. The molecule has 2 nitrogen and oxygen atoms in total. The van der Waals surface area contributed by atoms with E-state index in [9.17, 15) is 4.79 Å². The molecule has 11 atom stereocenters. The summed E-state index contributed by atoms with van der Waals surface area (Å²) >= 11 is 0. The van der Waals surface area contributed by atoms with Crippen LogP contribution in [0.25, 0.3) is 0 Å². The van der Waals surface area contributed by atoms with Crippen LogP contribution in [0.2, 0.25) is 0 Å². The van der Waals surface area contributed by atoms with Crippen molar-refractivity contribution in [3.8, 4) is 0 Å². The molecule has 0 bridgehead atoms. The highest BCUT2D eigenvalue weighted by atomic mass is 16.5. The van der Waals surface area contributed by atoms with Gasteiger partial charge in [0.05, 0.1) is 0 Å². The lowest BCUT2D eigenvalue weighted by Gasteiger charge is -2.62. The highest BCUT2D eigenvalue weighted by Crippen LogP contribution is 2.88. The van der Waals surface area contributed by atoms with Crippen LogP contribution in [-0.4, -0.2) is 12.1 Å². The van der Waals surface area contributed by atoms with Crippen LogP contribution < -0.4 is 0 Å². The summed E-state index contributed by atoms with van der Waals surface area (Å²) in [4.78, 5) is 11.7. The summed E-state index contributed by atoms with van der Waals surface area (Å²) in [5.41, 5.74) is 3.54. The van der Waals surface area contributed by atoms with E-state index in [1.165, 1.54) is 69.8 Å². The molecule has 0 saturated heterocycles. The molecule has 5 saturated carbocycles. The molecule has 5 aliphatic carbocycles. The monoisotopic (exact) mass is 496 g/mol. The largest absolute Gasteiger partial charge is 0.462 e. The molecule has 0 aromatic carbocycles. The Kier molecular flexibility index (Phi) is 6.61. The van der Waals surface area contributed by atoms with E-state index in [2.05, 4.69) is 55.0 Å². The van der Waals surface area contributed by atoms with Crippen molar-refractivity contribution in [2.45, 2.75) is 132 Å². The standard InChI is InChI=1S/C34H56O2/c1-21(2)26(22(3)4)11-10-23(5)27-14-16-32(9)30-13-12-28-24(6)29(36-25(7)35)15-17-33(28)20-34(30,33)19-18-31(27,32)8/h22-24,26-30H,1,10-20H2,2-9H3/t23-,24+,26+,27-,28-,29+,30-,31-,32+,33-,34-/m1/s1. The minimum atomic E-state index is -0.0861. The van der Waals surface area contributed by atoms with Crippen molar-refractivity contribution < 1.29 is 9.53 Å². The number of fused-ring (bicyclic) bond motifs is 2. The summed E-state index contributed by atoms with van der Waals surface area (Å²) in [7, 11) is 0. The maximum atomic E-state index is 11.7. The van der Waals surface area contributed by atoms with E-state index in [-0.39, 0.29) is 12.1 Å². The van der Waals surface area contributed by atoms with E-state index < -0.39 is 0 Å². The molecule has 5 rings (SSSR count). The van der Waals surface area contributed by atoms with Crippen molar-refractivity contribution in [1.82, 2.24) is 0 Å². The normalized spacial score (nSPS) is 48.8. The summed E-state index contributed by atoms with van der Waals surface area (Å²) in [6.07, 6.45) is 15.3. The quantitative estimate of drug-likeness (QED) is 0.259. The van der Waals surface area contributed by atoms with Gasteiger partial charge in [-0.15, -0.1) is 0 Å². The first kappa shape index (κ1) is 26.8. The highest BCUT2D eigenvalue weighted by Gasteiger charge is 2.81. The van der Waals surface area contributed by atoms with E-state index in [0.29, 0.717) is 39.4 Å². The predicted molar refractivity (Wildman–Crippen MR) is 149 cm³/mol. The number of esters is 1. The van der Waals surface area contributed by atoms with E-state index in [0.717, 1.165) is 30.1 Å². The van der Waals surface area contributed by atoms with Crippen LogP contribution in [0.3, 0.4) is 0 Å². The Bertz CT molecular complexity index is 890. The van der Waals surface area contributed by atoms with Crippen molar-refractivity contribution in [1.29, 1.82) is 0 Å². The summed E-state index contributed by atoms with van der Waals surface area (Å²) in [5, 5.41) is 0. The average molecular weight is 497 g/mol. The van der Waals surface area contributed by atoms with Crippen molar-refractivity contribution in [2.24, 2.45) is 63.1 Å². The molecule has 0 amide bonds. The Morgan fingerprint density at radius 3 is 2.28 bits per heavy atom. The molecule has 0 radical (unpaired) electrons. The van der Waals surface area contributed by atoms with Gasteiger partial charge in [-0.25, -0.2) is 0 Å². The van der Waals surface area contributed by atoms with Gasteiger partial charge in [-0.05, 0) is 141 Å². The lowest BCUT2D eigenvalue weighted by atomic mass is 9.43. The van der Waals surface area contributed by atoms with Gasteiger partial charge in [0.2, 0.25) is 0 Å². The first-order valence-electron chi connectivity index (χ1n) is 15.7. The maximum Gasteiger partial charge on any atom is 0.302 e. The van der Waals surface area contributed by atoms with Gasteiger partial charge in [-0.3, -0.25) is 4.79 Å². The Hall–Kier alpha value is -0.790. The number of rotatable bonds is 7. The van der Waals surface area contributed by atoms with Crippen LogP contribution in [0.15, 0.2) is 12.2 Å². The second-order valence-corrected chi connectivity index (χ2v) is 15.5. The molecule has 0 N–H and O–H groups in total. The molecule has 0 aromatic rings. The number of allylic oxidation sites excluding steroid dienone is 1. The first-order chi connectivity index (χ1) is 16.8. The topological polar surface area (TPSA) is 26.3 Å². The zero-order chi connectivity index (χ0) is 26.3. The van der Waals surface area contributed by atoms with Gasteiger partial charge < -0.3 is 4.74 Å². The van der Waals surface area contributed by atoms with Gasteiger partial charge in [0.1, 0.15) is 6.10 Å². The number of hydrogen-bond donors (Lipinski definition) is 0. The van der Waals surface area contributed by atoms with Crippen LogP contribution in [0.4, 0.5) is 0 Å². The van der Waals surface area contributed by atoms with E-state index in [1.54, 1.807) is 6.92 Å². The summed E-state index contributed by atoms with van der Waals surface area (Å²) in [5.74, 6) is 5.19. The maximum absolute atomic E-state index is 11.7. The second-order valence-electron chi connectivity index (χ2n) is 15.5. The molecule has 0 aliphatic heterocycles. The minimum Gasteiger partial charge on any atom is -0.462 e. The number of carbonyl (C=O) groups is 1. The molecule has 0 unspecified atom stereocenters. The van der Waals surface area contributed by atoms with E-state index in [4.69, 9.17) is 4.74 Å². The Labute approximate surface area is 222 Å². The van der Waals surface area contributed by atoms with Crippen molar-refractivity contribution in [3.05, 3.63) is 12.2 Å². The van der Waals surface area contributed by atoms with Crippen molar-refractivity contribution >= 4 is 5.97 Å². The summed E-state index contributed by atoms with van der Waals surface area (Å²) < 4.78 is 5.82. The molecule has 5 aliphatic rings. The highest BCUT2D eigenvalue weighted by molar-refractivity contribution is 5.66. The van der Waals surface area contributed by atoms with E-state index in [1.807, 2.05) is 0 Å². The van der Waals surface area contributed by atoms with Crippen LogP contribution in [0.5, 0.6) is 0 Å². The Morgan fingerprint density at radius 2 is 1.64 bits per heavy atom. The molecular formula is C34H56O2. The molecular weight excluding hydrogens is 440 g/mol. The number of hydrogen-bond acceptors (Lipinski definition) is 2. The summed E-state index contributed by atoms with van der Waals surface area (Å²) in [6.45, 7) is 23.4. The average Bonchev–Trinajstić information content (AvgIpc) is 3.37. The lowest BCUT2D eigenvalue weighted by Crippen LogP contribution is -2.56. The molecule has 2 spiro atoms. The third-order valence-electron chi connectivity index (χ3n) is 14.1. The van der Waals surface area contributed by atoms with Gasteiger partial charge in [-0.1, -0.05) is 53.7 Å². The molecule has 204 valence electrons. The molecule has 0 heterocycles. The zero-order valence-electron chi connectivity index (χ0n) is 24.9. The third-order valence-corrected chi connectivity index (χ3v) is 14.1. The fourth-order valence-electron chi connectivity index (χ4n) is 12.1. The zero-order valence-corrected chi connectivity index (χ0v) is 24.9. The first-order valence-corrected chi connectivity index (χ1v) is 15.7. The van der Waals surface area contributed by atoms with Gasteiger partial charge in [-0.2, -0.15) is 0 Å². The molecule has 5 fully saturated rings. The van der Waals surface area contributed by atoms with Crippen LogP contribution in [-0.2, 0) is 9.53 Å². The van der Waals surface area contributed by atoms with Crippen LogP contribution in [0, 0.1) is 63.1 Å². The second kappa shape index (κ2) is 8.87. The summed E-state index contributed by atoms with van der Waals surface area (Å²) in [6, 6.07) is 0. The van der Waals surface area contributed by atoms with Crippen molar-refractivity contribution in [3.63, 3.8) is 0 Å². The number of carbonyl (C=O) groups excluding carboxylic acids is 1. The Morgan fingerprint density at radius 1 is 0.917 bits per heavy atom. The van der Waals surface area contributed by atoms with Gasteiger partial charge in [0, 0.05) is 6.92 Å². The fraction of sp³-hybridized carbons (Fsp3) is 0.912. The lowest BCUT2D eigenvalue weighted by molar-refractivity contribution is -0.165. The van der Waals surface area contributed by atoms with Crippen LogP contribution >= 0.6 is 0 Å². The van der Waals surface area contributed by atoms with Gasteiger partial charge in [0.25, 0.3) is 0 Å². The van der Waals surface area contributed by atoms with E-state index >= 15 is 0 Å². The smallest absolute Gasteiger partial charge is 0.302 e. The molecule has 0 aromatic heterocycles. The Balaban J connectivity index is 1.33. The number of ether oxygens (including phenoxy) is 1. The fourth-order valence-corrected chi connectivity index (χ4v) is 12.1. The van der Waals surface area contributed by atoms with Crippen LogP contribution in [0.1, 0.15) is 126 Å². The van der Waals surface area contributed by atoms with Crippen molar-refractivity contribution in [2.75, 3.05) is 0 Å². The van der Waals surface area contributed by atoms with Gasteiger partial charge in [0.15, 0.2) is 0 Å². The SMILES string of the molecule is C=C(C)[C@H](CC[C@@H](C)[C@H]1CC[C@@]2(C)[C@H]3CC[C@@H]4[C@H](C)[C@@H](OC(C)=O)CC[C@@]45C[C@]35CC[C@]12C)C(C)C. The van der Waals surface area contributed by atoms with Gasteiger partial charge >= 0.3 is 5.97 Å². The third kappa shape index (κ3) is 3.57. The minimum absolute atomic E-state index is 0.0861. The molecule has 36 heavy (non-hydrogen) atoms.